The van der Waals surface area contributed by atoms with Gasteiger partial charge in [-0.1, -0.05) is 0 Å². The second kappa shape index (κ2) is 10.5. The van der Waals surface area contributed by atoms with E-state index in [1.807, 2.05) is 0 Å². The first-order valence-corrected chi connectivity index (χ1v) is 9.93. The number of rotatable bonds is 6. The minimum Gasteiger partial charge on any atom is -0.326 e. The van der Waals surface area contributed by atoms with E-state index in [0.717, 1.165) is 32.4 Å². The molecule has 2 aromatic rings. The van der Waals surface area contributed by atoms with Gasteiger partial charge in [0.25, 0.3) is 0 Å². The molecule has 1 fully saturated rings. The first-order valence-electron chi connectivity index (χ1n) is 9.05. The normalized spacial score (nSPS) is 14.2. The lowest BCUT2D eigenvalue weighted by atomic mass is 9.93. The van der Waals surface area contributed by atoms with Crippen LogP contribution in [0.3, 0.4) is 0 Å². The van der Waals surface area contributed by atoms with Gasteiger partial charge in [0.15, 0.2) is 5.13 Å². The van der Waals surface area contributed by atoms with E-state index in [1.165, 1.54) is 24.3 Å². The minimum absolute atomic E-state index is 0. The Kier molecular flexibility index (Phi) is 8.35. The maximum absolute atomic E-state index is 14.3. The van der Waals surface area contributed by atoms with Gasteiger partial charge in [0.2, 0.25) is 11.8 Å². The molecule has 1 aliphatic rings. The summed E-state index contributed by atoms with van der Waals surface area (Å²) in [6.07, 6.45) is 3.58. The predicted octanol–water partition coefficient (Wildman–Crippen LogP) is 4.05. The lowest BCUT2D eigenvalue weighted by Gasteiger charge is -2.21. The average Bonchev–Trinajstić information content (AvgIpc) is 3.08. The fourth-order valence-electron chi connectivity index (χ4n) is 3.15. The summed E-state index contributed by atoms with van der Waals surface area (Å²) in [5.74, 6) is -0.198. The predicted molar refractivity (Wildman–Crippen MR) is 113 cm³/mol. The van der Waals surface area contributed by atoms with E-state index in [1.54, 1.807) is 17.5 Å². The van der Waals surface area contributed by atoms with Crippen LogP contribution in [0.1, 0.15) is 32.6 Å². The third-order valence-electron chi connectivity index (χ3n) is 4.55. The Labute approximate surface area is 173 Å². The minimum atomic E-state index is -0.477. The van der Waals surface area contributed by atoms with Crippen LogP contribution in [0.15, 0.2) is 23.6 Å². The van der Waals surface area contributed by atoms with Gasteiger partial charge in [-0.15, -0.1) is 23.7 Å². The summed E-state index contributed by atoms with van der Waals surface area (Å²) in [5, 5.41) is 10.8. The van der Waals surface area contributed by atoms with Crippen LogP contribution in [-0.4, -0.2) is 29.9 Å². The van der Waals surface area contributed by atoms with Gasteiger partial charge >= 0.3 is 0 Å². The number of nitrogens with one attached hydrogen (secondary N) is 3. The van der Waals surface area contributed by atoms with E-state index in [0.29, 0.717) is 34.4 Å². The summed E-state index contributed by atoms with van der Waals surface area (Å²) >= 11 is 1.27. The Bertz CT molecular complexity index is 824. The maximum atomic E-state index is 14.3. The number of thiazole rings is 1. The molecule has 0 radical (unpaired) electrons. The van der Waals surface area contributed by atoms with Crippen molar-refractivity contribution in [2.24, 2.45) is 5.92 Å². The van der Waals surface area contributed by atoms with Crippen molar-refractivity contribution >= 4 is 46.4 Å². The van der Waals surface area contributed by atoms with Crippen LogP contribution in [0.2, 0.25) is 0 Å². The molecule has 1 aromatic heterocycles. The van der Waals surface area contributed by atoms with Gasteiger partial charge in [-0.2, -0.15) is 0 Å². The summed E-state index contributed by atoms with van der Waals surface area (Å²) < 4.78 is 14.3. The number of nitrogens with zero attached hydrogens (tertiary/aromatic N) is 1. The van der Waals surface area contributed by atoms with E-state index in [-0.39, 0.29) is 24.2 Å². The molecule has 0 saturated carbocycles. The van der Waals surface area contributed by atoms with Crippen molar-refractivity contribution in [2.45, 2.75) is 32.6 Å². The molecule has 152 valence electrons. The van der Waals surface area contributed by atoms with Crippen LogP contribution < -0.4 is 16.0 Å². The van der Waals surface area contributed by atoms with Crippen molar-refractivity contribution in [3.8, 4) is 11.3 Å². The molecular weight excluding hydrogens is 403 g/mol. The van der Waals surface area contributed by atoms with Gasteiger partial charge in [-0.25, -0.2) is 9.37 Å². The number of halogens is 2. The van der Waals surface area contributed by atoms with E-state index >= 15 is 0 Å². The SMILES string of the molecule is CC(=O)Nc1ccc(-c2csc(NC(=O)CCC3CCNCC3)n2)c(F)c1.Cl. The number of carbonyl (C=O) groups excluding carboxylic acids is 2. The summed E-state index contributed by atoms with van der Waals surface area (Å²) in [7, 11) is 0. The topological polar surface area (TPSA) is 83.1 Å². The number of hydrogen-bond donors (Lipinski definition) is 3. The molecule has 0 atom stereocenters. The van der Waals surface area contributed by atoms with Crippen molar-refractivity contribution in [2.75, 3.05) is 23.7 Å². The van der Waals surface area contributed by atoms with Gasteiger partial charge < -0.3 is 16.0 Å². The molecule has 1 aromatic carbocycles. The molecule has 1 aliphatic heterocycles. The zero-order valence-corrected chi connectivity index (χ0v) is 17.2. The smallest absolute Gasteiger partial charge is 0.226 e. The second-order valence-electron chi connectivity index (χ2n) is 6.69. The molecule has 3 rings (SSSR count). The first kappa shape index (κ1) is 22.3. The van der Waals surface area contributed by atoms with E-state index < -0.39 is 5.82 Å². The van der Waals surface area contributed by atoms with Crippen LogP contribution >= 0.6 is 23.7 Å². The Morgan fingerprint density at radius 3 is 2.71 bits per heavy atom. The summed E-state index contributed by atoms with van der Waals surface area (Å²) in [6.45, 7) is 3.41. The number of benzene rings is 1. The molecular formula is C19H24ClFN4O2S. The number of aromatic nitrogens is 1. The molecule has 0 bridgehead atoms. The van der Waals surface area contributed by atoms with Gasteiger partial charge in [-0.3, -0.25) is 9.59 Å². The molecule has 1 saturated heterocycles. The Balaban J connectivity index is 0.00000280. The molecule has 3 N–H and O–H groups in total. The second-order valence-corrected chi connectivity index (χ2v) is 7.55. The largest absolute Gasteiger partial charge is 0.326 e. The monoisotopic (exact) mass is 426 g/mol. The van der Waals surface area contributed by atoms with Crippen LogP contribution in [-0.2, 0) is 9.59 Å². The number of carbonyl (C=O) groups is 2. The summed E-state index contributed by atoms with van der Waals surface area (Å²) in [6, 6.07) is 4.45. The molecule has 9 heteroatoms. The van der Waals surface area contributed by atoms with Crippen molar-refractivity contribution in [3.63, 3.8) is 0 Å². The van der Waals surface area contributed by atoms with E-state index in [9.17, 15) is 14.0 Å². The lowest BCUT2D eigenvalue weighted by Crippen LogP contribution is -2.28. The fraction of sp³-hybridized carbons (Fsp3) is 0.421. The number of amides is 2. The number of anilines is 2. The van der Waals surface area contributed by atoms with Crippen LogP contribution in [0.4, 0.5) is 15.2 Å². The van der Waals surface area contributed by atoms with Crippen molar-refractivity contribution in [1.82, 2.24) is 10.3 Å². The fourth-order valence-corrected chi connectivity index (χ4v) is 3.87. The van der Waals surface area contributed by atoms with Crippen LogP contribution in [0, 0.1) is 11.7 Å². The van der Waals surface area contributed by atoms with Gasteiger partial charge in [0.1, 0.15) is 5.82 Å². The van der Waals surface area contributed by atoms with E-state index in [2.05, 4.69) is 20.9 Å². The van der Waals surface area contributed by atoms with Crippen molar-refractivity contribution in [1.29, 1.82) is 0 Å². The molecule has 28 heavy (non-hydrogen) atoms. The Morgan fingerprint density at radius 1 is 1.29 bits per heavy atom. The highest BCUT2D eigenvalue weighted by Gasteiger charge is 2.16. The quantitative estimate of drug-likeness (QED) is 0.650. The summed E-state index contributed by atoms with van der Waals surface area (Å²) in [4.78, 5) is 27.5. The highest BCUT2D eigenvalue weighted by atomic mass is 35.5. The zero-order valence-electron chi connectivity index (χ0n) is 15.6. The zero-order chi connectivity index (χ0) is 19.2. The van der Waals surface area contributed by atoms with Crippen LogP contribution in [0.5, 0.6) is 0 Å². The average molecular weight is 427 g/mol. The molecule has 2 amide bonds. The molecule has 0 aliphatic carbocycles. The van der Waals surface area contributed by atoms with Crippen molar-refractivity contribution < 1.29 is 14.0 Å². The standard InChI is InChI=1S/C19H23FN4O2S.ClH/c1-12(25)22-14-3-4-15(16(20)10-14)17-11-27-19(23-17)24-18(26)5-2-13-6-8-21-9-7-13;/h3-4,10-11,13,21H,2,5-9H2,1H3,(H,22,25)(H,23,24,26);1H. The summed E-state index contributed by atoms with van der Waals surface area (Å²) in [5.41, 5.74) is 1.18. The van der Waals surface area contributed by atoms with Gasteiger partial charge in [0, 0.05) is 30.0 Å². The highest BCUT2D eigenvalue weighted by molar-refractivity contribution is 7.14. The third kappa shape index (κ3) is 6.25. The van der Waals surface area contributed by atoms with Gasteiger partial charge in [-0.05, 0) is 56.5 Å². The molecule has 6 nitrogen and oxygen atoms in total. The highest BCUT2D eigenvalue weighted by Crippen LogP contribution is 2.29. The molecule has 0 unspecified atom stereocenters. The Morgan fingerprint density at radius 2 is 2.04 bits per heavy atom. The lowest BCUT2D eigenvalue weighted by molar-refractivity contribution is -0.116. The molecule has 0 spiro atoms. The van der Waals surface area contributed by atoms with Crippen molar-refractivity contribution in [3.05, 3.63) is 29.4 Å². The first-order chi connectivity index (χ1) is 13.0. The number of piperidine rings is 1. The van der Waals surface area contributed by atoms with Gasteiger partial charge in [0.05, 0.1) is 5.69 Å². The third-order valence-corrected chi connectivity index (χ3v) is 5.31. The van der Waals surface area contributed by atoms with Crippen LogP contribution in [0.25, 0.3) is 11.3 Å². The van der Waals surface area contributed by atoms with E-state index in [4.69, 9.17) is 0 Å². The number of hydrogen-bond acceptors (Lipinski definition) is 5. The maximum Gasteiger partial charge on any atom is 0.226 e. The molecule has 2 heterocycles. The Hall–Kier alpha value is -2.03.